The van der Waals surface area contributed by atoms with Gasteiger partial charge in [0.05, 0.1) is 23.0 Å². The van der Waals surface area contributed by atoms with Crippen molar-refractivity contribution in [2.75, 3.05) is 11.5 Å². The van der Waals surface area contributed by atoms with Gasteiger partial charge in [0, 0.05) is 16.3 Å². The Hall–Kier alpha value is -0.480. The highest BCUT2D eigenvalue weighted by atomic mass is 32.2. The first kappa shape index (κ1) is 14.9. The van der Waals surface area contributed by atoms with E-state index in [1.54, 1.807) is 0 Å². The van der Waals surface area contributed by atoms with Crippen molar-refractivity contribution in [2.45, 2.75) is 30.4 Å². The summed E-state index contributed by atoms with van der Waals surface area (Å²) in [6, 6.07) is 0.825. The molecule has 19 heavy (non-hydrogen) atoms. The summed E-state index contributed by atoms with van der Waals surface area (Å²) in [5.74, 6) is -0.0262. The molecule has 1 aromatic heterocycles. The summed E-state index contributed by atoms with van der Waals surface area (Å²) < 4.78 is 49.5. The van der Waals surface area contributed by atoms with Gasteiger partial charge in [-0.1, -0.05) is 0 Å². The van der Waals surface area contributed by atoms with E-state index in [9.17, 15) is 16.8 Å². The molecule has 1 fully saturated rings. The highest BCUT2D eigenvalue weighted by molar-refractivity contribution is 7.91. The maximum Gasteiger partial charge on any atom is 0.241 e. The minimum Gasteiger partial charge on any atom is -0.391 e. The van der Waals surface area contributed by atoms with Crippen molar-refractivity contribution >= 4 is 31.2 Å². The minimum absolute atomic E-state index is 0.0736. The van der Waals surface area contributed by atoms with Gasteiger partial charge in [-0.2, -0.15) is 0 Å². The summed E-state index contributed by atoms with van der Waals surface area (Å²) in [7, 11) is -6.86. The molecule has 9 heteroatoms. The van der Waals surface area contributed by atoms with E-state index in [2.05, 4.69) is 4.72 Å². The number of thiophene rings is 1. The maximum absolute atomic E-state index is 12.1. The normalized spacial score (nSPS) is 23.3. The van der Waals surface area contributed by atoms with E-state index in [4.69, 9.17) is 5.11 Å². The monoisotopic (exact) mass is 325 g/mol. The Morgan fingerprint density at radius 3 is 2.79 bits per heavy atom. The number of aliphatic hydroxyl groups excluding tert-OH is 1. The Morgan fingerprint density at radius 2 is 2.21 bits per heavy atom. The predicted octanol–water partition coefficient (Wildman–Crippen LogP) is 0.0959. The lowest BCUT2D eigenvalue weighted by atomic mass is 10.2. The number of aliphatic hydroxyl groups is 1. The highest BCUT2D eigenvalue weighted by Crippen LogP contribution is 2.21. The largest absolute Gasteiger partial charge is 0.391 e. The molecule has 0 aliphatic carbocycles. The topological polar surface area (TPSA) is 101 Å². The summed E-state index contributed by atoms with van der Waals surface area (Å²) in [4.78, 5) is 0.626. The van der Waals surface area contributed by atoms with E-state index in [-0.39, 0.29) is 23.0 Å². The quantitative estimate of drug-likeness (QED) is 0.817. The third kappa shape index (κ3) is 3.76. The van der Waals surface area contributed by atoms with Crippen LogP contribution < -0.4 is 4.72 Å². The zero-order chi connectivity index (χ0) is 14.1. The second-order valence-corrected chi connectivity index (χ2v) is 9.42. The van der Waals surface area contributed by atoms with Crippen molar-refractivity contribution in [1.82, 2.24) is 4.72 Å². The lowest BCUT2D eigenvalue weighted by molar-refractivity contribution is 0.285. The van der Waals surface area contributed by atoms with E-state index in [0.29, 0.717) is 17.7 Å². The van der Waals surface area contributed by atoms with Gasteiger partial charge in [-0.3, -0.25) is 0 Å². The molecular weight excluding hydrogens is 310 g/mol. The molecule has 0 spiro atoms. The van der Waals surface area contributed by atoms with Gasteiger partial charge in [-0.25, -0.2) is 21.6 Å². The molecule has 2 N–H and O–H groups in total. The zero-order valence-corrected chi connectivity index (χ0v) is 12.5. The Kier molecular flexibility index (Phi) is 4.31. The molecule has 1 aromatic rings. The first-order chi connectivity index (χ1) is 8.82. The number of sulfonamides is 1. The van der Waals surface area contributed by atoms with E-state index < -0.39 is 25.9 Å². The van der Waals surface area contributed by atoms with E-state index >= 15 is 0 Å². The minimum atomic E-state index is -3.71. The SMILES string of the molecule is O=S1(=O)CCCC(NS(=O)(=O)c2csc(CO)c2)C1. The molecule has 2 rings (SSSR count). The van der Waals surface area contributed by atoms with Crippen LogP contribution in [-0.2, 0) is 26.5 Å². The van der Waals surface area contributed by atoms with Gasteiger partial charge < -0.3 is 5.11 Å². The van der Waals surface area contributed by atoms with Crippen LogP contribution in [-0.4, -0.2) is 39.5 Å². The number of rotatable bonds is 4. The number of hydrogen-bond donors (Lipinski definition) is 2. The van der Waals surface area contributed by atoms with Crippen LogP contribution in [0.3, 0.4) is 0 Å². The third-order valence-electron chi connectivity index (χ3n) is 2.88. The summed E-state index contributed by atoms with van der Waals surface area (Å²) >= 11 is 1.15. The number of nitrogens with one attached hydrogen (secondary N) is 1. The molecule has 0 aromatic carbocycles. The number of hydrogen-bond acceptors (Lipinski definition) is 6. The van der Waals surface area contributed by atoms with Crippen LogP contribution in [0, 0.1) is 0 Å². The second-order valence-electron chi connectivity index (χ2n) is 4.48. The van der Waals surface area contributed by atoms with Crippen molar-refractivity contribution in [2.24, 2.45) is 0 Å². The molecule has 0 amide bonds. The summed E-state index contributed by atoms with van der Waals surface area (Å²) in [6.07, 6.45) is 0.997. The molecule has 6 nitrogen and oxygen atoms in total. The van der Waals surface area contributed by atoms with Gasteiger partial charge in [0.1, 0.15) is 0 Å². The van der Waals surface area contributed by atoms with E-state index in [1.807, 2.05) is 0 Å². The molecular formula is C10H15NO5S3. The summed E-state index contributed by atoms with van der Waals surface area (Å²) in [5.41, 5.74) is 0. The highest BCUT2D eigenvalue weighted by Gasteiger charge is 2.29. The van der Waals surface area contributed by atoms with Crippen LogP contribution in [0.1, 0.15) is 17.7 Å². The average molecular weight is 325 g/mol. The van der Waals surface area contributed by atoms with Crippen molar-refractivity contribution in [3.8, 4) is 0 Å². The van der Waals surface area contributed by atoms with Crippen LogP contribution in [0.25, 0.3) is 0 Å². The standard InChI is InChI=1S/C10H15NO5S3/c12-5-9-4-10(6-17-9)19(15,16)11-8-2-1-3-18(13,14)7-8/h4,6,8,11-12H,1-3,5,7H2. The van der Waals surface area contributed by atoms with Crippen molar-refractivity contribution in [3.63, 3.8) is 0 Å². The molecule has 2 heterocycles. The van der Waals surface area contributed by atoms with E-state index in [1.165, 1.54) is 11.4 Å². The molecule has 0 bridgehead atoms. The van der Waals surface area contributed by atoms with Gasteiger partial charge in [-0.05, 0) is 18.9 Å². The molecule has 0 saturated carbocycles. The molecule has 1 saturated heterocycles. The lowest BCUT2D eigenvalue weighted by Gasteiger charge is -2.22. The maximum atomic E-state index is 12.1. The van der Waals surface area contributed by atoms with Crippen molar-refractivity contribution in [3.05, 3.63) is 16.3 Å². The Morgan fingerprint density at radius 1 is 1.47 bits per heavy atom. The summed E-state index contributed by atoms with van der Waals surface area (Å²) in [6.45, 7) is -0.210. The van der Waals surface area contributed by atoms with Crippen LogP contribution >= 0.6 is 11.3 Å². The fraction of sp³-hybridized carbons (Fsp3) is 0.600. The van der Waals surface area contributed by atoms with Crippen LogP contribution in [0.15, 0.2) is 16.3 Å². The predicted molar refractivity (Wildman–Crippen MR) is 72.2 cm³/mol. The fourth-order valence-corrected chi connectivity index (χ4v) is 6.13. The lowest BCUT2D eigenvalue weighted by Crippen LogP contribution is -2.43. The van der Waals surface area contributed by atoms with Crippen molar-refractivity contribution in [1.29, 1.82) is 0 Å². The Labute approximate surface area is 116 Å². The molecule has 1 aliphatic rings. The third-order valence-corrected chi connectivity index (χ3v) is 7.27. The molecule has 1 aliphatic heterocycles. The smallest absolute Gasteiger partial charge is 0.241 e. The van der Waals surface area contributed by atoms with E-state index in [0.717, 1.165) is 11.3 Å². The molecule has 108 valence electrons. The molecule has 0 radical (unpaired) electrons. The van der Waals surface area contributed by atoms with Gasteiger partial charge in [0.25, 0.3) is 0 Å². The molecule has 1 unspecified atom stereocenters. The second kappa shape index (κ2) is 5.49. The number of sulfone groups is 1. The first-order valence-corrected chi connectivity index (χ1v) is 9.92. The van der Waals surface area contributed by atoms with Gasteiger partial charge >= 0.3 is 0 Å². The van der Waals surface area contributed by atoms with Gasteiger partial charge in [0.15, 0.2) is 9.84 Å². The zero-order valence-electron chi connectivity index (χ0n) is 10.1. The van der Waals surface area contributed by atoms with Crippen molar-refractivity contribution < 1.29 is 21.9 Å². The van der Waals surface area contributed by atoms with Crippen LogP contribution in [0.5, 0.6) is 0 Å². The average Bonchev–Trinajstić information content (AvgIpc) is 2.76. The first-order valence-electron chi connectivity index (χ1n) is 5.73. The van der Waals surface area contributed by atoms with Crippen LogP contribution in [0.4, 0.5) is 0 Å². The Balaban J connectivity index is 2.13. The van der Waals surface area contributed by atoms with Crippen LogP contribution in [0.2, 0.25) is 0 Å². The molecule has 1 atom stereocenters. The fourth-order valence-electron chi connectivity index (χ4n) is 1.99. The summed E-state index contributed by atoms with van der Waals surface area (Å²) in [5, 5.41) is 10.4. The van der Waals surface area contributed by atoms with Gasteiger partial charge in [0.2, 0.25) is 10.0 Å². The van der Waals surface area contributed by atoms with Gasteiger partial charge in [-0.15, -0.1) is 11.3 Å². The Bertz CT molecular complexity index is 646.